The molecule has 0 saturated heterocycles. The molecule has 3 aromatic heterocycles. The van der Waals surface area contributed by atoms with E-state index >= 15 is 0 Å². The van der Waals surface area contributed by atoms with Crippen molar-refractivity contribution in [3.8, 4) is 11.3 Å². The molecule has 3 rings (SSSR count). The van der Waals surface area contributed by atoms with Crippen LogP contribution in [0.15, 0.2) is 36.7 Å². The third-order valence-corrected chi connectivity index (χ3v) is 3.22. The number of aromatic nitrogens is 3. The molecule has 0 saturated carbocycles. The Morgan fingerprint density at radius 2 is 2.05 bits per heavy atom. The standard InChI is InChI=1S/C15H14N4O/c1-9-4-5-17-7-11(9)14-6-12(16)15-13(19-14)3-2-10(8-20)18-15/h2-7,20H,8H2,1H3,(H2,16,19). The summed E-state index contributed by atoms with van der Waals surface area (Å²) >= 11 is 0. The van der Waals surface area contributed by atoms with Crippen molar-refractivity contribution in [2.45, 2.75) is 13.5 Å². The highest BCUT2D eigenvalue weighted by Crippen LogP contribution is 2.26. The Morgan fingerprint density at radius 1 is 1.20 bits per heavy atom. The van der Waals surface area contributed by atoms with E-state index in [1.54, 1.807) is 24.5 Å². The molecule has 0 amide bonds. The molecule has 0 aromatic carbocycles. The van der Waals surface area contributed by atoms with E-state index in [1.807, 2.05) is 19.1 Å². The highest BCUT2D eigenvalue weighted by Gasteiger charge is 2.09. The lowest BCUT2D eigenvalue weighted by atomic mass is 10.1. The maximum atomic E-state index is 9.12. The number of nitrogen functional groups attached to an aromatic ring is 1. The summed E-state index contributed by atoms with van der Waals surface area (Å²) in [6.45, 7) is 1.89. The highest BCUT2D eigenvalue weighted by atomic mass is 16.3. The quantitative estimate of drug-likeness (QED) is 0.741. The van der Waals surface area contributed by atoms with Crippen LogP contribution in [-0.4, -0.2) is 20.1 Å². The third kappa shape index (κ3) is 2.08. The van der Waals surface area contributed by atoms with Crippen molar-refractivity contribution < 1.29 is 5.11 Å². The predicted molar refractivity (Wildman–Crippen MR) is 77.8 cm³/mol. The number of fused-ring (bicyclic) bond motifs is 1. The molecule has 0 aliphatic heterocycles. The topological polar surface area (TPSA) is 84.9 Å². The number of aliphatic hydroxyl groups excluding tert-OH is 1. The van der Waals surface area contributed by atoms with Crippen LogP contribution in [0.4, 0.5) is 5.69 Å². The van der Waals surface area contributed by atoms with E-state index < -0.39 is 0 Å². The Labute approximate surface area is 116 Å². The van der Waals surface area contributed by atoms with Crippen LogP contribution in [0.5, 0.6) is 0 Å². The normalized spacial score (nSPS) is 10.9. The van der Waals surface area contributed by atoms with Gasteiger partial charge in [-0.3, -0.25) is 4.98 Å². The Bertz CT molecular complexity index is 786. The van der Waals surface area contributed by atoms with E-state index in [0.717, 1.165) is 16.8 Å². The lowest BCUT2D eigenvalue weighted by Crippen LogP contribution is -1.98. The Hall–Kier alpha value is -2.53. The van der Waals surface area contributed by atoms with Gasteiger partial charge in [-0.25, -0.2) is 9.97 Å². The minimum atomic E-state index is -0.112. The van der Waals surface area contributed by atoms with Gasteiger partial charge in [-0.1, -0.05) is 0 Å². The van der Waals surface area contributed by atoms with E-state index in [2.05, 4.69) is 15.0 Å². The average molecular weight is 266 g/mol. The lowest BCUT2D eigenvalue weighted by molar-refractivity contribution is 0.277. The predicted octanol–water partition coefficient (Wildman–Crippen LogP) is 2.07. The second-order valence-corrected chi connectivity index (χ2v) is 4.62. The summed E-state index contributed by atoms with van der Waals surface area (Å²) in [6, 6.07) is 7.29. The van der Waals surface area contributed by atoms with Gasteiger partial charge in [0.2, 0.25) is 0 Å². The number of anilines is 1. The zero-order valence-corrected chi connectivity index (χ0v) is 11.0. The molecule has 0 atom stereocenters. The number of aliphatic hydroxyl groups is 1. The van der Waals surface area contributed by atoms with E-state index in [0.29, 0.717) is 22.4 Å². The van der Waals surface area contributed by atoms with Crippen molar-refractivity contribution in [2.75, 3.05) is 5.73 Å². The van der Waals surface area contributed by atoms with Gasteiger partial charge in [-0.05, 0) is 36.8 Å². The fraction of sp³-hybridized carbons (Fsp3) is 0.133. The Balaban J connectivity index is 2.23. The summed E-state index contributed by atoms with van der Waals surface area (Å²) in [5.41, 5.74) is 11.3. The van der Waals surface area contributed by atoms with Crippen molar-refractivity contribution in [2.24, 2.45) is 0 Å². The van der Waals surface area contributed by atoms with E-state index in [-0.39, 0.29) is 6.61 Å². The zero-order chi connectivity index (χ0) is 14.1. The SMILES string of the molecule is Cc1ccncc1-c1cc(N)c2nc(CO)ccc2n1. The highest BCUT2D eigenvalue weighted by molar-refractivity contribution is 5.89. The van der Waals surface area contributed by atoms with Crippen molar-refractivity contribution in [1.29, 1.82) is 0 Å². The molecule has 0 spiro atoms. The number of rotatable bonds is 2. The minimum absolute atomic E-state index is 0.112. The lowest BCUT2D eigenvalue weighted by Gasteiger charge is -2.08. The van der Waals surface area contributed by atoms with Gasteiger partial charge in [-0.2, -0.15) is 0 Å². The second-order valence-electron chi connectivity index (χ2n) is 4.62. The number of nitrogens with two attached hydrogens (primary N) is 1. The third-order valence-electron chi connectivity index (χ3n) is 3.22. The van der Waals surface area contributed by atoms with Crippen molar-refractivity contribution >= 4 is 16.7 Å². The summed E-state index contributed by atoms with van der Waals surface area (Å²) in [5.74, 6) is 0. The van der Waals surface area contributed by atoms with Crippen molar-refractivity contribution in [3.63, 3.8) is 0 Å². The first kappa shape index (κ1) is 12.5. The van der Waals surface area contributed by atoms with Gasteiger partial charge in [-0.15, -0.1) is 0 Å². The molecule has 5 nitrogen and oxygen atoms in total. The maximum absolute atomic E-state index is 9.12. The first-order valence-electron chi connectivity index (χ1n) is 6.27. The maximum Gasteiger partial charge on any atom is 0.112 e. The Kier molecular flexibility index (Phi) is 3.04. The van der Waals surface area contributed by atoms with Crippen LogP contribution in [0, 0.1) is 6.92 Å². The van der Waals surface area contributed by atoms with Crippen LogP contribution in [0.3, 0.4) is 0 Å². The summed E-state index contributed by atoms with van der Waals surface area (Å²) in [6.07, 6.45) is 3.52. The van der Waals surface area contributed by atoms with Crippen LogP contribution in [0.1, 0.15) is 11.3 Å². The number of aryl methyl sites for hydroxylation is 1. The molecule has 3 heterocycles. The largest absolute Gasteiger partial charge is 0.397 e. The molecule has 100 valence electrons. The summed E-state index contributed by atoms with van der Waals surface area (Å²) in [5, 5.41) is 9.12. The molecule has 20 heavy (non-hydrogen) atoms. The molecule has 3 aromatic rings. The number of pyridine rings is 3. The molecule has 0 radical (unpaired) electrons. The molecule has 0 bridgehead atoms. The monoisotopic (exact) mass is 266 g/mol. The van der Waals surface area contributed by atoms with Crippen LogP contribution >= 0.6 is 0 Å². The molecule has 0 aliphatic rings. The minimum Gasteiger partial charge on any atom is -0.397 e. The van der Waals surface area contributed by atoms with Crippen LogP contribution in [-0.2, 0) is 6.61 Å². The van der Waals surface area contributed by atoms with Gasteiger partial charge in [0.1, 0.15) is 5.52 Å². The fourth-order valence-electron chi connectivity index (χ4n) is 2.13. The fourth-order valence-corrected chi connectivity index (χ4v) is 2.13. The molecule has 5 heteroatoms. The average Bonchev–Trinajstić information content (AvgIpc) is 2.47. The number of hydrogen-bond donors (Lipinski definition) is 2. The molecule has 0 fully saturated rings. The van der Waals surface area contributed by atoms with Gasteiger partial charge < -0.3 is 10.8 Å². The second kappa shape index (κ2) is 4.86. The Morgan fingerprint density at radius 3 is 2.80 bits per heavy atom. The van der Waals surface area contributed by atoms with E-state index in [4.69, 9.17) is 10.8 Å². The molecule has 0 unspecified atom stereocenters. The summed E-state index contributed by atoms with van der Waals surface area (Å²) in [7, 11) is 0. The van der Waals surface area contributed by atoms with Gasteiger partial charge in [0.25, 0.3) is 0 Å². The smallest absolute Gasteiger partial charge is 0.112 e. The van der Waals surface area contributed by atoms with Gasteiger partial charge in [0.15, 0.2) is 0 Å². The van der Waals surface area contributed by atoms with Crippen LogP contribution in [0.2, 0.25) is 0 Å². The molecular formula is C15H14N4O. The van der Waals surface area contributed by atoms with Gasteiger partial charge in [0, 0.05) is 18.0 Å². The van der Waals surface area contributed by atoms with Crippen molar-refractivity contribution in [1.82, 2.24) is 15.0 Å². The van der Waals surface area contributed by atoms with Crippen LogP contribution in [0.25, 0.3) is 22.3 Å². The summed E-state index contributed by atoms with van der Waals surface area (Å²) < 4.78 is 0. The van der Waals surface area contributed by atoms with Gasteiger partial charge >= 0.3 is 0 Å². The van der Waals surface area contributed by atoms with Gasteiger partial charge in [0.05, 0.1) is 29.2 Å². The van der Waals surface area contributed by atoms with Crippen LogP contribution < -0.4 is 5.73 Å². The molecule has 3 N–H and O–H groups in total. The zero-order valence-electron chi connectivity index (χ0n) is 11.0. The number of hydrogen-bond acceptors (Lipinski definition) is 5. The molecule has 0 aliphatic carbocycles. The first-order valence-corrected chi connectivity index (χ1v) is 6.27. The van der Waals surface area contributed by atoms with E-state index in [9.17, 15) is 0 Å². The molecular weight excluding hydrogens is 252 g/mol. The van der Waals surface area contributed by atoms with Crippen molar-refractivity contribution in [3.05, 3.63) is 47.9 Å². The number of nitrogens with zero attached hydrogens (tertiary/aromatic N) is 3. The summed E-state index contributed by atoms with van der Waals surface area (Å²) in [4.78, 5) is 13.0. The van der Waals surface area contributed by atoms with E-state index in [1.165, 1.54) is 0 Å². The first-order chi connectivity index (χ1) is 9.69.